The van der Waals surface area contributed by atoms with Gasteiger partial charge in [-0.25, -0.2) is 4.39 Å². The van der Waals surface area contributed by atoms with Gasteiger partial charge < -0.3 is 4.90 Å². The highest BCUT2D eigenvalue weighted by Crippen LogP contribution is 2.24. The van der Waals surface area contributed by atoms with Gasteiger partial charge in [0.05, 0.1) is 4.88 Å². The van der Waals surface area contributed by atoms with Gasteiger partial charge in [0.25, 0.3) is 5.91 Å². The van der Waals surface area contributed by atoms with E-state index < -0.39 is 0 Å². The fraction of sp³-hybridized carbons (Fsp3) is 0.450. The van der Waals surface area contributed by atoms with Crippen LogP contribution in [0.4, 0.5) is 4.39 Å². The van der Waals surface area contributed by atoms with Crippen molar-refractivity contribution < 1.29 is 9.18 Å². The van der Waals surface area contributed by atoms with E-state index >= 15 is 0 Å². The van der Waals surface area contributed by atoms with Crippen LogP contribution in [-0.2, 0) is 13.0 Å². The lowest BCUT2D eigenvalue weighted by atomic mass is 10.2. The van der Waals surface area contributed by atoms with Crippen molar-refractivity contribution in [1.82, 2.24) is 9.80 Å². The highest BCUT2D eigenvalue weighted by atomic mass is 32.1. The maximum atomic E-state index is 13.9. The molecule has 2 heterocycles. The van der Waals surface area contributed by atoms with E-state index in [1.165, 1.54) is 16.5 Å². The molecule has 0 radical (unpaired) electrons. The summed E-state index contributed by atoms with van der Waals surface area (Å²) in [6.45, 7) is 7.95. The molecule has 1 fully saturated rings. The molecule has 3 nitrogen and oxygen atoms in total. The Morgan fingerprint density at radius 2 is 2.00 bits per heavy atom. The third-order valence-electron chi connectivity index (χ3n) is 4.78. The Balaban J connectivity index is 1.63. The number of nitrogens with zero attached hydrogens (tertiary/aromatic N) is 2. The van der Waals surface area contributed by atoms with E-state index in [1.807, 2.05) is 23.1 Å². The van der Waals surface area contributed by atoms with E-state index in [9.17, 15) is 9.18 Å². The molecule has 2 aromatic rings. The van der Waals surface area contributed by atoms with Crippen molar-refractivity contribution in [2.75, 3.05) is 26.2 Å². The van der Waals surface area contributed by atoms with E-state index in [1.54, 1.807) is 17.4 Å². The largest absolute Gasteiger partial charge is 0.337 e. The van der Waals surface area contributed by atoms with Crippen molar-refractivity contribution in [2.45, 2.75) is 33.2 Å². The normalized spacial score (nSPS) is 16.0. The van der Waals surface area contributed by atoms with E-state index in [4.69, 9.17) is 0 Å². The smallest absolute Gasteiger partial charge is 0.263 e. The zero-order valence-electron chi connectivity index (χ0n) is 14.9. The van der Waals surface area contributed by atoms with Crippen LogP contribution in [0.2, 0.25) is 0 Å². The van der Waals surface area contributed by atoms with E-state index in [2.05, 4.69) is 18.7 Å². The van der Waals surface area contributed by atoms with Crippen LogP contribution in [0, 0.1) is 12.7 Å². The molecule has 1 amide bonds. The average Bonchev–Trinajstić information content (AvgIpc) is 2.84. The molecule has 5 heteroatoms. The summed E-state index contributed by atoms with van der Waals surface area (Å²) in [5.74, 6) is -0.0126. The van der Waals surface area contributed by atoms with Gasteiger partial charge in [0.15, 0.2) is 0 Å². The number of rotatable bonds is 4. The first-order chi connectivity index (χ1) is 12.1. The Labute approximate surface area is 153 Å². The summed E-state index contributed by atoms with van der Waals surface area (Å²) < 4.78 is 13.9. The molecule has 1 aromatic heterocycles. The van der Waals surface area contributed by atoms with Crippen molar-refractivity contribution in [2.24, 2.45) is 0 Å². The van der Waals surface area contributed by atoms with Crippen molar-refractivity contribution in [3.8, 4) is 0 Å². The molecule has 25 heavy (non-hydrogen) atoms. The van der Waals surface area contributed by atoms with Crippen LogP contribution < -0.4 is 0 Å². The van der Waals surface area contributed by atoms with Gasteiger partial charge in [-0.2, -0.15) is 0 Å². The molecule has 0 aliphatic carbocycles. The lowest BCUT2D eigenvalue weighted by Gasteiger charge is -2.22. The molecule has 1 saturated heterocycles. The average molecular weight is 360 g/mol. The van der Waals surface area contributed by atoms with Gasteiger partial charge in [-0.15, -0.1) is 11.3 Å². The minimum atomic E-state index is -0.152. The topological polar surface area (TPSA) is 23.6 Å². The molecule has 1 aliphatic heterocycles. The molecule has 3 rings (SSSR count). The third-order valence-corrected chi connectivity index (χ3v) is 6.15. The number of hydrogen-bond acceptors (Lipinski definition) is 3. The Hall–Kier alpha value is -1.72. The fourth-order valence-electron chi connectivity index (χ4n) is 3.33. The summed E-state index contributed by atoms with van der Waals surface area (Å²) in [6.07, 6.45) is 1.89. The van der Waals surface area contributed by atoms with Crippen molar-refractivity contribution in [3.63, 3.8) is 0 Å². The van der Waals surface area contributed by atoms with Crippen LogP contribution in [0.25, 0.3) is 0 Å². The molecule has 1 aromatic carbocycles. The summed E-state index contributed by atoms with van der Waals surface area (Å²) in [4.78, 5) is 19.1. The summed E-state index contributed by atoms with van der Waals surface area (Å²) in [7, 11) is 0. The zero-order chi connectivity index (χ0) is 17.8. The molecule has 1 aliphatic rings. The van der Waals surface area contributed by atoms with Crippen LogP contribution in [0.3, 0.4) is 0 Å². The summed E-state index contributed by atoms with van der Waals surface area (Å²) in [5.41, 5.74) is 1.94. The highest BCUT2D eigenvalue weighted by molar-refractivity contribution is 7.14. The second kappa shape index (κ2) is 8.11. The maximum Gasteiger partial charge on any atom is 0.263 e. The number of carbonyl (C=O) groups is 1. The second-order valence-electron chi connectivity index (χ2n) is 6.58. The minimum Gasteiger partial charge on any atom is -0.337 e. The maximum absolute atomic E-state index is 13.9. The lowest BCUT2D eigenvalue weighted by Crippen LogP contribution is -2.34. The molecule has 0 N–H and O–H groups in total. The summed E-state index contributed by atoms with van der Waals surface area (Å²) in [6, 6.07) is 8.96. The summed E-state index contributed by atoms with van der Waals surface area (Å²) >= 11 is 1.62. The fourth-order valence-corrected chi connectivity index (χ4v) is 4.41. The lowest BCUT2D eigenvalue weighted by molar-refractivity contribution is 0.0766. The third kappa shape index (κ3) is 4.28. The van der Waals surface area contributed by atoms with Crippen LogP contribution in [0.15, 0.2) is 30.3 Å². The minimum absolute atomic E-state index is 0.139. The van der Waals surface area contributed by atoms with Crippen LogP contribution in [-0.4, -0.2) is 41.9 Å². The first-order valence-electron chi connectivity index (χ1n) is 8.93. The standard InChI is InChI=1S/C20H25FN2OS/c1-3-18-15(2)13-19(25-18)20(24)23-10-6-9-22(11-12-23)14-16-7-4-5-8-17(16)21/h4-5,7-8,13H,3,6,9-12,14H2,1-2H3. The molecule has 0 atom stereocenters. The molecular weight excluding hydrogens is 335 g/mol. The molecular formula is C20H25FN2OS. The number of aryl methyl sites for hydroxylation is 2. The Bertz CT molecular complexity index is 743. The zero-order valence-corrected chi connectivity index (χ0v) is 15.7. The van der Waals surface area contributed by atoms with Crippen LogP contribution >= 0.6 is 11.3 Å². The monoisotopic (exact) mass is 360 g/mol. The number of thiophene rings is 1. The SMILES string of the molecule is CCc1sc(C(=O)N2CCCN(Cc3ccccc3F)CC2)cc1C. The van der Waals surface area contributed by atoms with Crippen molar-refractivity contribution in [1.29, 1.82) is 0 Å². The van der Waals surface area contributed by atoms with Crippen LogP contribution in [0.5, 0.6) is 0 Å². The number of halogens is 1. The van der Waals surface area contributed by atoms with Crippen molar-refractivity contribution >= 4 is 17.2 Å². The predicted octanol–water partition coefficient (Wildman–Crippen LogP) is 4.11. The van der Waals surface area contributed by atoms with E-state index in [0.717, 1.165) is 42.9 Å². The number of amides is 1. The van der Waals surface area contributed by atoms with Gasteiger partial charge in [0.2, 0.25) is 0 Å². The van der Waals surface area contributed by atoms with E-state index in [-0.39, 0.29) is 11.7 Å². The van der Waals surface area contributed by atoms with Crippen molar-refractivity contribution in [3.05, 3.63) is 57.0 Å². The molecule has 0 saturated carbocycles. The quantitative estimate of drug-likeness (QED) is 0.819. The number of carbonyl (C=O) groups excluding carboxylic acids is 1. The van der Waals surface area contributed by atoms with E-state index in [0.29, 0.717) is 13.1 Å². The van der Waals surface area contributed by atoms with Crippen LogP contribution in [0.1, 0.15) is 39.0 Å². The Morgan fingerprint density at radius 3 is 2.72 bits per heavy atom. The highest BCUT2D eigenvalue weighted by Gasteiger charge is 2.22. The van der Waals surface area contributed by atoms with Gasteiger partial charge in [-0.05, 0) is 37.5 Å². The number of benzene rings is 1. The first kappa shape index (κ1) is 18.1. The van der Waals surface area contributed by atoms with Gasteiger partial charge in [0, 0.05) is 43.2 Å². The van der Waals surface area contributed by atoms with Gasteiger partial charge in [0.1, 0.15) is 5.82 Å². The number of hydrogen-bond donors (Lipinski definition) is 0. The summed E-state index contributed by atoms with van der Waals surface area (Å²) in [5, 5.41) is 0. The van der Waals surface area contributed by atoms with Gasteiger partial charge >= 0.3 is 0 Å². The predicted molar refractivity (Wildman–Crippen MR) is 101 cm³/mol. The Morgan fingerprint density at radius 1 is 1.20 bits per heavy atom. The molecule has 0 bridgehead atoms. The molecule has 0 unspecified atom stereocenters. The second-order valence-corrected chi connectivity index (χ2v) is 7.72. The first-order valence-corrected chi connectivity index (χ1v) is 9.74. The molecule has 0 spiro atoms. The van der Waals surface area contributed by atoms with Gasteiger partial charge in [-0.1, -0.05) is 25.1 Å². The molecule has 134 valence electrons. The van der Waals surface area contributed by atoms with Gasteiger partial charge in [-0.3, -0.25) is 9.69 Å². The Kier molecular flexibility index (Phi) is 5.86.